The van der Waals surface area contributed by atoms with E-state index in [-0.39, 0.29) is 11.3 Å². The van der Waals surface area contributed by atoms with Crippen LogP contribution in [0.5, 0.6) is 0 Å². The second kappa shape index (κ2) is 5.36. The van der Waals surface area contributed by atoms with Gasteiger partial charge in [0.1, 0.15) is 0 Å². The number of carbonyl (C=O) groups excluding carboxylic acids is 1. The molecule has 0 saturated carbocycles. The smallest absolute Gasteiger partial charge is 0.239 e. The highest BCUT2D eigenvalue weighted by Gasteiger charge is 2.31. The number of hydrogen-bond donors (Lipinski definition) is 1. The highest BCUT2D eigenvalue weighted by Crippen LogP contribution is 2.20. The van der Waals surface area contributed by atoms with E-state index in [1.807, 2.05) is 27.8 Å². The van der Waals surface area contributed by atoms with Gasteiger partial charge in [0.25, 0.3) is 0 Å². The molecular formula is C13H27N3O. The first kappa shape index (κ1) is 14.5. The molecule has 1 amide bonds. The Balaban J connectivity index is 2.52. The SMILES string of the molecule is CN(CC1CCCN1C)C(=O)C(N)C(C)(C)C. The van der Waals surface area contributed by atoms with E-state index >= 15 is 0 Å². The Morgan fingerprint density at radius 3 is 2.53 bits per heavy atom. The average Bonchev–Trinajstić information content (AvgIpc) is 2.61. The third-order valence-corrected chi connectivity index (χ3v) is 3.73. The first-order valence-electron chi connectivity index (χ1n) is 6.44. The average molecular weight is 241 g/mol. The first-order chi connectivity index (χ1) is 7.73. The van der Waals surface area contributed by atoms with E-state index < -0.39 is 6.04 Å². The van der Waals surface area contributed by atoms with Gasteiger partial charge in [-0.3, -0.25) is 4.79 Å². The maximum absolute atomic E-state index is 12.2. The molecule has 1 aliphatic heterocycles. The minimum Gasteiger partial charge on any atom is -0.343 e. The predicted octanol–water partition coefficient (Wildman–Crippen LogP) is 0.912. The summed E-state index contributed by atoms with van der Waals surface area (Å²) in [5.41, 5.74) is 5.83. The number of likely N-dealkylation sites (N-methyl/N-ethyl adjacent to an activating group) is 2. The number of hydrogen-bond acceptors (Lipinski definition) is 3. The van der Waals surface area contributed by atoms with Crippen LogP contribution in [0.15, 0.2) is 0 Å². The van der Waals surface area contributed by atoms with E-state index in [1.54, 1.807) is 4.90 Å². The van der Waals surface area contributed by atoms with Gasteiger partial charge in [0.15, 0.2) is 0 Å². The fourth-order valence-electron chi connectivity index (χ4n) is 2.22. The standard InChI is InChI=1S/C13H27N3O/c1-13(2,3)11(14)12(17)16(5)9-10-7-6-8-15(10)4/h10-11H,6-9,14H2,1-5H3. The molecule has 17 heavy (non-hydrogen) atoms. The lowest BCUT2D eigenvalue weighted by molar-refractivity contribution is -0.134. The summed E-state index contributed by atoms with van der Waals surface area (Å²) in [5, 5.41) is 0. The third kappa shape index (κ3) is 3.68. The molecule has 0 aromatic heterocycles. The van der Waals surface area contributed by atoms with Crippen LogP contribution < -0.4 is 5.73 Å². The summed E-state index contributed by atoms with van der Waals surface area (Å²) in [6, 6.07) is 0.0790. The monoisotopic (exact) mass is 241 g/mol. The quantitative estimate of drug-likeness (QED) is 0.799. The third-order valence-electron chi connectivity index (χ3n) is 3.73. The zero-order valence-electron chi connectivity index (χ0n) is 11.9. The molecule has 0 aliphatic carbocycles. The van der Waals surface area contributed by atoms with E-state index in [0.29, 0.717) is 6.04 Å². The molecule has 4 heteroatoms. The maximum atomic E-state index is 12.2. The van der Waals surface area contributed by atoms with Crippen LogP contribution in [0.1, 0.15) is 33.6 Å². The van der Waals surface area contributed by atoms with Crippen LogP contribution in [-0.2, 0) is 4.79 Å². The Bertz CT molecular complexity index is 272. The summed E-state index contributed by atoms with van der Waals surface area (Å²) in [6.07, 6.45) is 2.41. The van der Waals surface area contributed by atoms with Crippen LogP contribution in [0.25, 0.3) is 0 Å². The number of nitrogens with zero attached hydrogens (tertiary/aromatic N) is 2. The van der Waals surface area contributed by atoms with Gasteiger partial charge < -0.3 is 15.5 Å². The molecule has 100 valence electrons. The zero-order valence-corrected chi connectivity index (χ0v) is 11.9. The largest absolute Gasteiger partial charge is 0.343 e. The van der Waals surface area contributed by atoms with Gasteiger partial charge in [0.2, 0.25) is 5.91 Å². The summed E-state index contributed by atoms with van der Waals surface area (Å²) in [6.45, 7) is 7.94. The summed E-state index contributed by atoms with van der Waals surface area (Å²) >= 11 is 0. The number of amides is 1. The van der Waals surface area contributed by atoms with E-state index in [0.717, 1.165) is 13.1 Å². The van der Waals surface area contributed by atoms with E-state index in [1.165, 1.54) is 12.8 Å². The minimum atomic E-state index is -0.417. The molecule has 0 aromatic carbocycles. The summed E-state index contributed by atoms with van der Waals surface area (Å²) in [7, 11) is 3.99. The zero-order chi connectivity index (χ0) is 13.2. The van der Waals surface area contributed by atoms with Crippen molar-refractivity contribution in [2.45, 2.75) is 45.7 Å². The van der Waals surface area contributed by atoms with Crippen molar-refractivity contribution in [2.75, 3.05) is 27.2 Å². The van der Waals surface area contributed by atoms with Gasteiger partial charge in [-0.1, -0.05) is 20.8 Å². The Hall–Kier alpha value is -0.610. The van der Waals surface area contributed by atoms with Crippen LogP contribution in [0.4, 0.5) is 0 Å². The summed E-state index contributed by atoms with van der Waals surface area (Å²) < 4.78 is 0. The molecule has 1 heterocycles. The normalized spacial score (nSPS) is 23.8. The maximum Gasteiger partial charge on any atom is 0.239 e. The van der Waals surface area contributed by atoms with Crippen LogP contribution in [-0.4, -0.2) is 55.0 Å². The molecule has 0 aromatic rings. The predicted molar refractivity (Wildman–Crippen MR) is 70.7 cm³/mol. The number of likely N-dealkylation sites (tertiary alicyclic amines) is 1. The van der Waals surface area contributed by atoms with Gasteiger partial charge in [-0.2, -0.15) is 0 Å². The van der Waals surface area contributed by atoms with Crippen LogP contribution in [0.2, 0.25) is 0 Å². The Morgan fingerprint density at radius 1 is 1.53 bits per heavy atom. The van der Waals surface area contributed by atoms with Crippen molar-refractivity contribution < 1.29 is 4.79 Å². The number of rotatable bonds is 3. The molecule has 1 aliphatic rings. The van der Waals surface area contributed by atoms with Gasteiger partial charge in [-0.25, -0.2) is 0 Å². The van der Waals surface area contributed by atoms with Crippen molar-refractivity contribution in [3.63, 3.8) is 0 Å². The second-order valence-electron chi connectivity index (χ2n) is 6.34. The lowest BCUT2D eigenvalue weighted by atomic mass is 9.86. The van der Waals surface area contributed by atoms with Crippen molar-refractivity contribution in [1.29, 1.82) is 0 Å². The molecular weight excluding hydrogens is 214 g/mol. The lowest BCUT2D eigenvalue weighted by Crippen LogP contribution is -2.51. The molecule has 1 saturated heterocycles. The van der Waals surface area contributed by atoms with Crippen molar-refractivity contribution in [1.82, 2.24) is 9.80 Å². The van der Waals surface area contributed by atoms with E-state index in [9.17, 15) is 4.79 Å². The minimum absolute atomic E-state index is 0.0535. The Morgan fingerprint density at radius 2 is 2.12 bits per heavy atom. The van der Waals surface area contributed by atoms with Crippen molar-refractivity contribution in [3.05, 3.63) is 0 Å². The van der Waals surface area contributed by atoms with Gasteiger partial charge in [0, 0.05) is 19.6 Å². The van der Waals surface area contributed by atoms with Crippen LogP contribution >= 0.6 is 0 Å². The van der Waals surface area contributed by atoms with E-state index in [2.05, 4.69) is 11.9 Å². The fourth-order valence-corrected chi connectivity index (χ4v) is 2.22. The lowest BCUT2D eigenvalue weighted by Gasteiger charge is -2.32. The Labute approximate surface area is 105 Å². The van der Waals surface area contributed by atoms with Gasteiger partial charge in [-0.15, -0.1) is 0 Å². The topological polar surface area (TPSA) is 49.6 Å². The molecule has 1 rings (SSSR count). The number of carbonyl (C=O) groups is 1. The molecule has 0 spiro atoms. The molecule has 2 atom stereocenters. The first-order valence-corrected chi connectivity index (χ1v) is 6.44. The van der Waals surface area contributed by atoms with Crippen molar-refractivity contribution in [3.8, 4) is 0 Å². The van der Waals surface area contributed by atoms with Crippen molar-refractivity contribution >= 4 is 5.91 Å². The van der Waals surface area contributed by atoms with Crippen LogP contribution in [0, 0.1) is 5.41 Å². The van der Waals surface area contributed by atoms with Gasteiger partial charge >= 0.3 is 0 Å². The molecule has 1 fully saturated rings. The van der Waals surface area contributed by atoms with Crippen LogP contribution in [0.3, 0.4) is 0 Å². The van der Waals surface area contributed by atoms with Gasteiger partial charge in [0.05, 0.1) is 6.04 Å². The molecule has 2 N–H and O–H groups in total. The summed E-state index contributed by atoms with van der Waals surface area (Å²) in [5.74, 6) is 0.0535. The molecule has 4 nitrogen and oxygen atoms in total. The molecule has 0 bridgehead atoms. The Kier molecular flexibility index (Phi) is 4.55. The van der Waals surface area contributed by atoms with E-state index in [4.69, 9.17) is 5.73 Å². The van der Waals surface area contributed by atoms with Gasteiger partial charge in [-0.05, 0) is 31.8 Å². The van der Waals surface area contributed by atoms with Crippen molar-refractivity contribution in [2.24, 2.45) is 11.1 Å². The second-order valence-corrected chi connectivity index (χ2v) is 6.34. The molecule has 0 radical (unpaired) electrons. The fraction of sp³-hybridized carbons (Fsp3) is 0.923. The molecule has 2 unspecified atom stereocenters. The summed E-state index contributed by atoms with van der Waals surface area (Å²) in [4.78, 5) is 16.3. The highest BCUT2D eigenvalue weighted by atomic mass is 16.2. The number of nitrogens with two attached hydrogens (primary N) is 1. The highest BCUT2D eigenvalue weighted by molar-refractivity contribution is 5.82.